The van der Waals surface area contributed by atoms with Gasteiger partial charge in [0.2, 0.25) is 0 Å². The van der Waals surface area contributed by atoms with Crippen molar-refractivity contribution < 1.29 is 23.9 Å². The van der Waals surface area contributed by atoms with Gasteiger partial charge in [0.15, 0.2) is 6.10 Å². The van der Waals surface area contributed by atoms with Crippen LogP contribution in [0.3, 0.4) is 0 Å². The molecule has 1 amide bonds. The van der Waals surface area contributed by atoms with Crippen molar-refractivity contribution in [2.45, 2.75) is 58.6 Å². The molecular weight excluding hydrogens is 286 g/mol. The summed E-state index contributed by atoms with van der Waals surface area (Å²) in [5.41, 5.74) is 0. The molecule has 3 atom stereocenters. The van der Waals surface area contributed by atoms with Crippen LogP contribution in [0.4, 0.5) is 0 Å². The Hall–Kier alpha value is -1.85. The summed E-state index contributed by atoms with van der Waals surface area (Å²) in [6.07, 6.45) is 5.40. The Balaban J connectivity index is 2.39. The summed E-state index contributed by atoms with van der Waals surface area (Å²) in [5, 5.41) is 2.93. The van der Waals surface area contributed by atoms with Gasteiger partial charge in [-0.15, -0.1) is 0 Å². The predicted octanol–water partition coefficient (Wildman–Crippen LogP) is 1.73. The standard InChI is InChI=1S/C16H25NO5/c1-4-21-14(18)9-10-15(19)22-12(3)16(20)17-13-8-6-5-7-11(13)2/h9-13H,4-8H2,1-3H3,(H,17,20)/b10-9+/t11-,12+,13+/m0/s1. The largest absolute Gasteiger partial charge is 0.463 e. The summed E-state index contributed by atoms with van der Waals surface area (Å²) in [4.78, 5) is 34.6. The highest BCUT2D eigenvalue weighted by Crippen LogP contribution is 2.23. The van der Waals surface area contributed by atoms with Gasteiger partial charge in [0.1, 0.15) is 0 Å². The van der Waals surface area contributed by atoms with E-state index in [0.717, 1.165) is 31.4 Å². The number of carbonyl (C=O) groups excluding carboxylic acids is 3. The Morgan fingerprint density at radius 3 is 2.45 bits per heavy atom. The van der Waals surface area contributed by atoms with Crippen LogP contribution in [-0.2, 0) is 23.9 Å². The molecule has 1 rings (SSSR count). The normalized spacial score (nSPS) is 22.9. The van der Waals surface area contributed by atoms with Crippen molar-refractivity contribution in [3.8, 4) is 0 Å². The molecule has 6 heteroatoms. The molecule has 1 aliphatic carbocycles. The van der Waals surface area contributed by atoms with Gasteiger partial charge in [-0.25, -0.2) is 9.59 Å². The summed E-state index contributed by atoms with van der Waals surface area (Å²) in [6, 6.07) is 0.137. The minimum Gasteiger partial charge on any atom is -0.463 e. The fourth-order valence-electron chi connectivity index (χ4n) is 2.42. The fraction of sp³-hybridized carbons (Fsp3) is 0.688. The van der Waals surface area contributed by atoms with Crippen molar-refractivity contribution >= 4 is 17.8 Å². The van der Waals surface area contributed by atoms with Gasteiger partial charge in [0, 0.05) is 18.2 Å². The molecule has 0 saturated heterocycles. The molecule has 0 radical (unpaired) electrons. The maximum Gasteiger partial charge on any atom is 0.331 e. The lowest BCUT2D eigenvalue weighted by Crippen LogP contribution is -2.45. The third kappa shape index (κ3) is 6.28. The van der Waals surface area contributed by atoms with Gasteiger partial charge in [0.05, 0.1) is 6.61 Å². The molecule has 1 fully saturated rings. The highest BCUT2D eigenvalue weighted by molar-refractivity contribution is 5.93. The van der Waals surface area contributed by atoms with Gasteiger partial charge < -0.3 is 14.8 Å². The summed E-state index contributed by atoms with van der Waals surface area (Å²) in [5.74, 6) is -1.24. The van der Waals surface area contributed by atoms with Crippen molar-refractivity contribution in [2.24, 2.45) is 5.92 Å². The summed E-state index contributed by atoms with van der Waals surface area (Å²) < 4.78 is 9.62. The smallest absolute Gasteiger partial charge is 0.331 e. The monoisotopic (exact) mass is 311 g/mol. The minimum absolute atomic E-state index is 0.137. The third-order valence-corrected chi connectivity index (χ3v) is 3.74. The molecule has 22 heavy (non-hydrogen) atoms. The van der Waals surface area contributed by atoms with E-state index in [0.29, 0.717) is 5.92 Å². The molecule has 0 aromatic heterocycles. The van der Waals surface area contributed by atoms with E-state index >= 15 is 0 Å². The molecule has 1 aliphatic rings. The van der Waals surface area contributed by atoms with Crippen LogP contribution < -0.4 is 5.32 Å². The highest BCUT2D eigenvalue weighted by Gasteiger charge is 2.25. The lowest BCUT2D eigenvalue weighted by atomic mass is 9.86. The fourth-order valence-corrected chi connectivity index (χ4v) is 2.42. The average Bonchev–Trinajstić information content (AvgIpc) is 2.47. The topological polar surface area (TPSA) is 81.7 Å². The van der Waals surface area contributed by atoms with Crippen LogP contribution in [0.1, 0.15) is 46.5 Å². The van der Waals surface area contributed by atoms with E-state index in [1.807, 2.05) is 0 Å². The number of hydrogen-bond acceptors (Lipinski definition) is 5. The number of ether oxygens (including phenoxy) is 2. The molecule has 0 aliphatic heterocycles. The Morgan fingerprint density at radius 2 is 1.82 bits per heavy atom. The quantitative estimate of drug-likeness (QED) is 0.597. The summed E-state index contributed by atoms with van der Waals surface area (Å²) in [7, 11) is 0. The predicted molar refractivity (Wildman–Crippen MR) is 80.9 cm³/mol. The van der Waals surface area contributed by atoms with Crippen molar-refractivity contribution in [1.82, 2.24) is 5.32 Å². The van der Waals surface area contributed by atoms with Crippen LogP contribution in [-0.4, -0.2) is 36.6 Å². The Morgan fingerprint density at radius 1 is 1.18 bits per heavy atom. The van der Waals surface area contributed by atoms with Crippen LogP contribution in [0.15, 0.2) is 12.2 Å². The molecule has 0 bridgehead atoms. The number of carbonyl (C=O) groups is 3. The molecule has 124 valence electrons. The average molecular weight is 311 g/mol. The van der Waals surface area contributed by atoms with E-state index in [9.17, 15) is 14.4 Å². The van der Waals surface area contributed by atoms with E-state index in [1.165, 1.54) is 13.3 Å². The SMILES string of the molecule is CCOC(=O)/C=C/C(=O)O[C@H](C)C(=O)N[C@@H]1CCCC[C@@H]1C. The molecule has 0 aromatic carbocycles. The molecule has 0 spiro atoms. The van der Waals surface area contributed by atoms with E-state index in [1.54, 1.807) is 6.92 Å². The zero-order valence-corrected chi connectivity index (χ0v) is 13.5. The Kier molecular flexibility index (Phi) is 7.63. The third-order valence-electron chi connectivity index (χ3n) is 3.74. The molecular formula is C16H25NO5. The minimum atomic E-state index is -0.895. The zero-order chi connectivity index (χ0) is 16.5. The molecule has 1 saturated carbocycles. The summed E-state index contributed by atoms with van der Waals surface area (Å²) in [6.45, 7) is 5.53. The number of hydrogen-bond donors (Lipinski definition) is 1. The van der Waals surface area contributed by atoms with Crippen molar-refractivity contribution in [1.29, 1.82) is 0 Å². The summed E-state index contributed by atoms with van der Waals surface area (Å²) >= 11 is 0. The second-order valence-corrected chi connectivity index (χ2v) is 5.54. The Labute approximate surface area is 131 Å². The first kappa shape index (κ1) is 18.2. The maximum absolute atomic E-state index is 12.0. The second kappa shape index (κ2) is 9.23. The van der Waals surface area contributed by atoms with Gasteiger partial charge in [-0.1, -0.05) is 19.8 Å². The van der Waals surface area contributed by atoms with E-state index in [2.05, 4.69) is 17.0 Å². The number of rotatable bonds is 6. The first-order valence-electron chi connectivity index (χ1n) is 7.79. The zero-order valence-electron chi connectivity index (χ0n) is 13.5. The number of esters is 2. The molecule has 0 unspecified atom stereocenters. The highest BCUT2D eigenvalue weighted by atomic mass is 16.5. The maximum atomic E-state index is 12.0. The Bertz CT molecular complexity index is 432. The van der Waals surface area contributed by atoms with E-state index in [4.69, 9.17) is 4.74 Å². The molecule has 6 nitrogen and oxygen atoms in total. The van der Waals surface area contributed by atoms with Gasteiger partial charge in [-0.3, -0.25) is 4.79 Å². The van der Waals surface area contributed by atoms with Crippen molar-refractivity contribution in [2.75, 3.05) is 6.61 Å². The van der Waals surface area contributed by atoms with Crippen LogP contribution in [0.25, 0.3) is 0 Å². The van der Waals surface area contributed by atoms with Gasteiger partial charge in [-0.05, 0) is 32.6 Å². The van der Waals surface area contributed by atoms with Crippen LogP contribution in [0.5, 0.6) is 0 Å². The molecule has 0 aromatic rings. The first-order chi connectivity index (χ1) is 10.4. The lowest BCUT2D eigenvalue weighted by molar-refractivity contribution is -0.151. The number of amides is 1. The van der Waals surface area contributed by atoms with Crippen LogP contribution in [0.2, 0.25) is 0 Å². The van der Waals surface area contributed by atoms with E-state index in [-0.39, 0.29) is 18.6 Å². The van der Waals surface area contributed by atoms with Crippen molar-refractivity contribution in [3.05, 3.63) is 12.2 Å². The van der Waals surface area contributed by atoms with Crippen LogP contribution in [0, 0.1) is 5.92 Å². The van der Waals surface area contributed by atoms with Crippen LogP contribution >= 0.6 is 0 Å². The lowest BCUT2D eigenvalue weighted by Gasteiger charge is -2.30. The van der Waals surface area contributed by atoms with Gasteiger partial charge >= 0.3 is 11.9 Å². The van der Waals surface area contributed by atoms with Gasteiger partial charge in [0.25, 0.3) is 5.91 Å². The first-order valence-corrected chi connectivity index (χ1v) is 7.79. The second-order valence-electron chi connectivity index (χ2n) is 5.54. The molecule has 1 N–H and O–H groups in total. The number of nitrogens with one attached hydrogen (secondary N) is 1. The van der Waals surface area contributed by atoms with Gasteiger partial charge in [-0.2, -0.15) is 0 Å². The van der Waals surface area contributed by atoms with Crippen molar-refractivity contribution in [3.63, 3.8) is 0 Å². The van der Waals surface area contributed by atoms with E-state index < -0.39 is 18.0 Å². The molecule has 0 heterocycles.